The number of hydrogen-bond acceptors (Lipinski definition) is 1. The maximum absolute atomic E-state index is 9.81. The van der Waals surface area contributed by atoms with Crippen molar-refractivity contribution in [3.63, 3.8) is 0 Å². The molecule has 0 fully saturated rings. The van der Waals surface area contributed by atoms with E-state index in [0.717, 1.165) is 12.0 Å². The molecule has 0 aliphatic heterocycles. The van der Waals surface area contributed by atoms with Crippen LogP contribution in [0.2, 0.25) is 0 Å². The van der Waals surface area contributed by atoms with Gasteiger partial charge in [-0.1, -0.05) is 48.9 Å². The fraction of sp³-hybridized carbons (Fsp3) is 0.429. The first kappa shape index (κ1) is 12.0. The third-order valence-electron chi connectivity index (χ3n) is 2.72. The molecule has 0 aliphatic rings. The van der Waals surface area contributed by atoms with Gasteiger partial charge in [0.2, 0.25) is 0 Å². The highest BCUT2D eigenvalue weighted by Crippen LogP contribution is 2.16. The van der Waals surface area contributed by atoms with E-state index in [0.29, 0.717) is 0 Å². The molecule has 1 nitrogen and oxygen atoms in total. The van der Waals surface area contributed by atoms with Gasteiger partial charge in [0, 0.05) is 0 Å². The highest BCUT2D eigenvalue weighted by molar-refractivity contribution is 5.22. The first-order valence-corrected chi connectivity index (χ1v) is 5.39. The molecule has 2 atom stereocenters. The van der Waals surface area contributed by atoms with E-state index < -0.39 is 6.10 Å². The van der Waals surface area contributed by atoms with Gasteiger partial charge in [-0.15, -0.1) is 0 Å². The molecule has 1 aromatic rings. The molecule has 0 saturated heterocycles. The van der Waals surface area contributed by atoms with Gasteiger partial charge in [0.25, 0.3) is 0 Å². The zero-order chi connectivity index (χ0) is 11.4. The fourth-order valence-corrected chi connectivity index (χ4v) is 1.69. The maximum Gasteiger partial charge on any atom is 0.0773 e. The molecule has 82 valence electrons. The summed E-state index contributed by atoms with van der Waals surface area (Å²) in [7, 11) is 0. The predicted molar refractivity (Wildman–Crippen MR) is 64.9 cm³/mol. The van der Waals surface area contributed by atoms with Crippen LogP contribution < -0.4 is 0 Å². The van der Waals surface area contributed by atoms with Crippen LogP contribution in [0.3, 0.4) is 0 Å². The second kappa shape index (κ2) is 5.13. The van der Waals surface area contributed by atoms with Crippen molar-refractivity contribution in [2.45, 2.75) is 33.3 Å². The normalized spacial score (nSPS) is 14.7. The summed E-state index contributed by atoms with van der Waals surface area (Å²) in [5, 5.41) is 9.81. The lowest BCUT2D eigenvalue weighted by molar-refractivity contribution is 0.151. The number of aliphatic hydroxyl groups is 1. The zero-order valence-electron chi connectivity index (χ0n) is 9.83. The molecular weight excluding hydrogens is 184 g/mol. The van der Waals surface area contributed by atoms with Crippen molar-refractivity contribution in [2.75, 3.05) is 0 Å². The van der Waals surface area contributed by atoms with Gasteiger partial charge in [0.15, 0.2) is 0 Å². The van der Waals surface area contributed by atoms with Crippen molar-refractivity contribution in [1.82, 2.24) is 0 Å². The molecule has 1 heteroatoms. The number of benzene rings is 1. The van der Waals surface area contributed by atoms with Gasteiger partial charge in [0.1, 0.15) is 0 Å². The van der Waals surface area contributed by atoms with E-state index in [-0.39, 0.29) is 5.92 Å². The topological polar surface area (TPSA) is 20.2 Å². The highest BCUT2D eigenvalue weighted by Gasteiger charge is 2.14. The van der Waals surface area contributed by atoms with E-state index >= 15 is 0 Å². The Hall–Kier alpha value is -1.08. The smallest absolute Gasteiger partial charge is 0.0773 e. The number of hydrogen-bond donors (Lipinski definition) is 1. The molecule has 0 unspecified atom stereocenters. The fourth-order valence-electron chi connectivity index (χ4n) is 1.69. The Morgan fingerprint density at radius 3 is 2.33 bits per heavy atom. The van der Waals surface area contributed by atoms with E-state index in [9.17, 15) is 5.11 Å². The molecule has 0 radical (unpaired) electrons. The SMILES string of the molecule is C=C(C)[C@@H](O)[C@@H](C)Cc1ccc(C)cc1. The maximum atomic E-state index is 9.81. The first-order chi connectivity index (χ1) is 7.00. The second-order valence-corrected chi connectivity index (χ2v) is 4.46. The van der Waals surface area contributed by atoms with Crippen LogP contribution in [-0.4, -0.2) is 11.2 Å². The Kier molecular flexibility index (Phi) is 4.10. The van der Waals surface area contributed by atoms with Crippen LogP contribution >= 0.6 is 0 Å². The average Bonchev–Trinajstić information content (AvgIpc) is 2.20. The van der Waals surface area contributed by atoms with Crippen LogP contribution in [0.1, 0.15) is 25.0 Å². The molecular formula is C14H20O. The molecule has 0 aromatic heterocycles. The summed E-state index contributed by atoms with van der Waals surface area (Å²) in [6, 6.07) is 8.46. The lowest BCUT2D eigenvalue weighted by Gasteiger charge is -2.18. The van der Waals surface area contributed by atoms with Crippen molar-refractivity contribution in [2.24, 2.45) is 5.92 Å². The standard InChI is InChI=1S/C14H20O/c1-10(2)14(15)12(4)9-13-7-5-11(3)6-8-13/h5-8,12,14-15H,1,9H2,2-4H3/t12-,14+/m0/s1. The summed E-state index contributed by atoms with van der Waals surface area (Å²) < 4.78 is 0. The predicted octanol–water partition coefficient (Wildman–Crippen LogP) is 3.11. The van der Waals surface area contributed by atoms with E-state index in [4.69, 9.17) is 0 Å². The van der Waals surface area contributed by atoms with Crippen molar-refractivity contribution < 1.29 is 5.11 Å². The Morgan fingerprint density at radius 2 is 1.87 bits per heavy atom. The molecule has 0 spiro atoms. The Bertz CT molecular complexity index is 324. The van der Waals surface area contributed by atoms with Gasteiger partial charge in [-0.25, -0.2) is 0 Å². The quantitative estimate of drug-likeness (QED) is 0.747. The van der Waals surface area contributed by atoms with Crippen LogP contribution in [0.15, 0.2) is 36.4 Å². The summed E-state index contributed by atoms with van der Waals surface area (Å²) in [4.78, 5) is 0. The summed E-state index contributed by atoms with van der Waals surface area (Å²) in [6.45, 7) is 9.79. The molecule has 0 heterocycles. The minimum Gasteiger partial charge on any atom is -0.388 e. The van der Waals surface area contributed by atoms with Crippen LogP contribution in [0.4, 0.5) is 0 Å². The number of aryl methyl sites for hydroxylation is 1. The van der Waals surface area contributed by atoms with Crippen LogP contribution in [0, 0.1) is 12.8 Å². The molecule has 0 aliphatic carbocycles. The largest absolute Gasteiger partial charge is 0.388 e. The van der Waals surface area contributed by atoms with Crippen LogP contribution in [0.5, 0.6) is 0 Å². The van der Waals surface area contributed by atoms with Crippen molar-refractivity contribution in [3.05, 3.63) is 47.5 Å². The monoisotopic (exact) mass is 204 g/mol. The summed E-state index contributed by atoms with van der Waals surface area (Å²) >= 11 is 0. The van der Waals surface area contributed by atoms with E-state index in [1.807, 2.05) is 6.92 Å². The number of rotatable bonds is 4. The zero-order valence-corrected chi connectivity index (χ0v) is 9.83. The van der Waals surface area contributed by atoms with E-state index in [2.05, 4.69) is 44.7 Å². The van der Waals surface area contributed by atoms with Crippen LogP contribution in [-0.2, 0) is 6.42 Å². The van der Waals surface area contributed by atoms with Crippen molar-refractivity contribution >= 4 is 0 Å². The third kappa shape index (κ3) is 3.52. The van der Waals surface area contributed by atoms with Gasteiger partial charge in [-0.3, -0.25) is 0 Å². The molecule has 1 rings (SSSR count). The molecule has 1 aromatic carbocycles. The highest BCUT2D eigenvalue weighted by atomic mass is 16.3. The van der Waals surface area contributed by atoms with Crippen molar-refractivity contribution in [1.29, 1.82) is 0 Å². The minimum absolute atomic E-state index is 0.227. The molecule has 1 N–H and O–H groups in total. The van der Waals surface area contributed by atoms with Gasteiger partial charge in [-0.2, -0.15) is 0 Å². The molecule has 15 heavy (non-hydrogen) atoms. The molecule has 0 amide bonds. The van der Waals surface area contributed by atoms with Gasteiger partial charge in [-0.05, 0) is 31.7 Å². The molecule has 0 saturated carbocycles. The van der Waals surface area contributed by atoms with Gasteiger partial charge in [0.05, 0.1) is 6.10 Å². The molecule has 0 bridgehead atoms. The average molecular weight is 204 g/mol. The Balaban J connectivity index is 2.62. The Labute approximate surface area is 92.5 Å². The first-order valence-electron chi connectivity index (χ1n) is 5.39. The van der Waals surface area contributed by atoms with E-state index in [1.165, 1.54) is 11.1 Å². The lowest BCUT2D eigenvalue weighted by atomic mass is 9.92. The van der Waals surface area contributed by atoms with Crippen LogP contribution in [0.25, 0.3) is 0 Å². The lowest BCUT2D eigenvalue weighted by Crippen LogP contribution is -2.20. The van der Waals surface area contributed by atoms with Crippen molar-refractivity contribution in [3.8, 4) is 0 Å². The third-order valence-corrected chi connectivity index (χ3v) is 2.72. The summed E-state index contributed by atoms with van der Waals surface area (Å²) in [5.41, 5.74) is 3.38. The van der Waals surface area contributed by atoms with E-state index in [1.54, 1.807) is 0 Å². The number of aliphatic hydroxyl groups excluding tert-OH is 1. The Morgan fingerprint density at radius 1 is 1.33 bits per heavy atom. The second-order valence-electron chi connectivity index (χ2n) is 4.46. The van der Waals surface area contributed by atoms with Gasteiger partial charge >= 0.3 is 0 Å². The summed E-state index contributed by atoms with van der Waals surface area (Å²) in [6.07, 6.45) is 0.500. The minimum atomic E-state index is -0.397. The summed E-state index contributed by atoms with van der Waals surface area (Å²) in [5.74, 6) is 0.227. The van der Waals surface area contributed by atoms with Gasteiger partial charge < -0.3 is 5.11 Å².